The van der Waals surface area contributed by atoms with Gasteiger partial charge in [0.05, 0.1) is 6.17 Å². The second kappa shape index (κ2) is 4.42. The molecule has 0 spiro atoms. The monoisotopic (exact) mass is 210 g/mol. The van der Waals surface area contributed by atoms with Crippen molar-refractivity contribution in [3.8, 4) is 0 Å². The SMILES string of the molecule is CCC1CCCC2NCC1(CC(C)C)N2. The minimum atomic E-state index is 0.407. The van der Waals surface area contributed by atoms with Crippen LogP contribution >= 0.6 is 0 Å². The van der Waals surface area contributed by atoms with Crippen molar-refractivity contribution in [2.75, 3.05) is 6.54 Å². The average molecular weight is 210 g/mol. The molecular weight excluding hydrogens is 184 g/mol. The van der Waals surface area contributed by atoms with Gasteiger partial charge in [0.1, 0.15) is 0 Å². The Bertz CT molecular complexity index is 211. The maximum atomic E-state index is 3.89. The van der Waals surface area contributed by atoms with Crippen LogP contribution in [0.15, 0.2) is 0 Å². The Kier molecular flexibility index (Phi) is 3.36. The van der Waals surface area contributed by atoms with E-state index in [9.17, 15) is 0 Å². The van der Waals surface area contributed by atoms with Crippen LogP contribution in [0.4, 0.5) is 0 Å². The molecular formula is C13H26N2. The molecule has 0 amide bonds. The van der Waals surface area contributed by atoms with E-state index in [1.165, 1.54) is 38.6 Å². The zero-order chi connectivity index (χ0) is 10.9. The minimum absolute atomic E-state index is 0.407. The van der Waals surface area contributed by atoms with E-state index in [2.05, 4.69) is 31.4 Å². The lowest BCUT2D eigenvalue weighted by atomic mass is 9.75. The van der Waals surface area contributed by atoms with Crippen LogP contribution < -0.4 is 10.6 Å². The fraction of sp³-hybridized carbons (Fsp3) is 1.00. The van der Waals surface area contributed by atoms with Crippen LogP contribution in [0, 0.1) is 11.8 Å². The van der Waals surface area contributed by atoms with Crippen LogP contribution in [0.3, 0.4) is 0 Å². The third-order valence-corrected chi connectivity index (χ3v) is 4.22. The average Bonchev–Trinajstić information content (AvgIpc) is 2.45. The van der Waals surface area contributed by atoms with E-state index in [1.54, 1.807) is 0 Å². The Labute approximate surface area is 94.2 Å². The van der Waals surface area contributed by atoms with Crippen molar-refractivity contribution < 1.29 is 0 Å². The summed E-state index contributed by atoms with van der Waals surface area (Å²) in [7, 11) is 0. The van der Waals surface area contributed by atoms with Crippen LogP contribution in [0.5, 0.6) is 0 Å². The van der Waals surface area contributed by atoms with E-state index in [-0.39, 0.29) is 0 Å². The molecule has 2 rings (SSSR count). The number of hydrogen-bond acceptors (Lipinski definition) is 2. The Morgan fingerprint density at radius 2 is 2.13 bits per heavy atom. The van der Waals surface area contributed by atoms with Gasteiger partial charge in [-0.05, 0) is 31.1 Å². The normalized spacial score (nSPS) is 40.8. The molecule has 2 nitrogen and oxygen atoms in total. The molecule has 2 aliphatic rings. The molecule has 0 aromatic carbocycles. The summed E-state index contributed by atoms with van der Waals surface area (Å²) in [6.07, 6.45) is 7.39. The third-order valence-electron chi connectivity index (χ3n) is 4.22. The Morgan fingerprint density at radius 1 is 1.33 bits per heavy atom. The first-order valence-electron chi connectivity index (χ1n) is 6.67. The standard InChI is InChI=1S/C13H26N2/c1-4-11-6-5-7-12-14-9-13(11,15-12)8-10(2)3/h10-12,14-15H,4-9H2,1-3H3. The van der Waals surface area contributed by atoms with Gasteiger partial charge >= 0.3 is 0 Å². The number of hydrogen-bond donors (Lipinski definition) is 2. The smallest absolute Gasteiger partial charge is 0.0577 e. The summed E-state index contributed by atoms with van der Waals surface area (Å²) in [6.45, 7) is 8.24. The highest BCUT2D eigenvalue weighted by Crippen LogP contribution is 2.37. The lowest BCUT2D eigenvalue weighted by molar-refractivity contribution is 0.199. The number of rotatable bonds is 3. The zero-order valence-electron chi connectivity index (χ0n) is 10.5. The van der Waals surface area contributed by atoms with Crippen molar-refractivity contribution in [2.45, 2.75) is 64.6 Å². The van der Waals surface area contributed by atoms with E-state index >= 15 is 0 Å². The van der Waals surface area contributed by atoms with Gasteiger partial charge in [0.2, 0.25) is 0 Å². The highest BCUT2D eigenvalue weighted by atomic mass is 15.3. The molecule has 88 valence electrons. The Morgan fingerprint density at radius 3 is 2.80 bits per heavy atom. The molecule has 0 aromatic rings. The second-order valence-electron chi connectivity index (χ2n) is 5.87. The van der Waals surface area contributed by atoms with Crippen molar-refractivity contribution in [1.29, 1.82) is 0 Å². The highest BCUT2D eigenvalue weighted by Gasteiger charge is 2.45. The second-order valence-corrected chi connectivity index (χ2v) is 5.87. The van der Waals surface area contributed by atoms with E-state index in [0.717, 1.165) is 11.8 Å². The van der Waals surface area contributed by atoms with E-state index < -0.39 is 0 Å². The molecule has 15 heavy (non-hydrogen) atoms. The maximum absolute atomic E-state index is 3.89. The van der Waals surface area contributed by atoms with Gasteiger partial charge in [-0.15, -0.1) is 0 Å². The molecule has 0 saturated carbocycles. The van der Waals surface area contributed by atoms with Crippen molar-refractivity contribution >= 4 is 0 Å². The molecule has 0 aromatic heterocycles. The molecule has 2 heteroatoms. The van der Waals surface area contributed by atoms with Crippen LogP contribution in [0.1, 0.15) is 52.9 Å². The summed E-state index contributed by atoms with van der Waals surface area (Å²) in [5.74, 6) is 1.67. The van der Waals surface area contributed by atoms with Gasteiger partial charge in [0, 0.05) is 12.1 Å². The summed E-state index contributed by atoms with van der Waals surface area (Å²) in [4.78, 5) is 0. The fourth-order valence-corrected chi connectivity index (χ4v) is 3.66. The van der Waals surface area contributed by atoms with Crippen LogP contribution in [0.2, 0.25) is 0 Å². The Balaban J connectivity index is 2.15. The molecule has 0 radical (unpaired) electrons. The quantitative estimate of drug-likeness (QED) is 0.748. The van der Waals surface area contributed by atoms with Gasteiger partial charge in [-0.25, -0.2) is 0 Å². The fourth-order valence-electron chi connectivity index (χ4n) is 3.66. The topological polar surface area (TPSA) is 24.1 Å². The number of nitrogens with one attached hydrogen (secondary N) is 2. The summed E-state index contributed by atoms with van der Waals surface area (Å²) < 4.78 is 0. The first-order valence-corrected chi connectivity index (χ1v) is 6.67. The molecule has 2 bridgehead atoms. The Hall–Kier alpha value is -0.0800. The molecule has 0 aliphatic carbocycles. The largest absolute Gasteiger partial charge is 0.300 e. The summed E-state index contributed by atoms with van der Waals surface area (Å²) in [5, 5.41) is 7.55. The molecule has 2 heterocycles. The molecule has 2 N–H and O–H groups in total. The summed E-state index contributed by atoms with van der Waals surface area (Å²) in [5.41, 5.74) is 0.407. The predicted molar refractivity (Wildman–Crippen MR) is 64.7 cm³/mol. The first kappa shape index (κ1) is 11.4. The predicted octanol–water partition coefficient (Wildman–Crippen LogP) is 2.50. The van der Waals surface area contributed by atoms with Crippen molar-refractivity contribution in [3.05, 3.63) is 0 Å². The van der Waals surface area contributed by atoms with Crippen LogP contribution in [-0.4, -0.2) is 18.2 Å². The highest BCUT2D eigenvalue weighted by molar-refractivity contribution is 5.04. The lowest BCUT2D eigenvalue weighted by Gasteiger charge is -2.38. The first-order chi connectivity index (χ1) is 7.16. The van der Waals surface area contributed by atoms with Gasteiger partial charge in [-0.3, -0.25) is 5.32 Å². The van der Waals surface area contributed by atoms with Crippen molar-refractivity contribution in [2.24, 2.45) is 11.8 Å². The summed E-state index contributed by atoms with van der Waals surface area (Å²) >= 11 is 0. The van der Waals surface area contributed by atoms with Crippen LogP contribution in [-0.2, 0) is 0 Å². The molecule has 3 atom stereocenters. The van der Waals surface area contributed by atoms with Crippen LogP contribution in [0.25, 0.3) is 0 Å². The van der Waals surface area contributed by atoms with Gasteiger partial charge in [0.15, 0.2) is 0 Å². The lowest BCUT2D eigenvalue weighted by Crippen LogP contribution is -2.50. The molecule has 3 unspecified atom stereocenters. The van der Waals surface area contributed by atoms with Crippen molar-refractivity contribution in [3.63, 3.8) is 0 Å². The van der Waals surface area contributed by atoms with Gasteiger partial charge in [-0.1, -0.05) is 33.6 Å². The molecule has 2 saturated heterocycles. The van der Waals surface area contributed by atoms with E-state index in [0.29, 0.717) is 11.7 Å². The van der Waals surface area contributed by atoms with E-state index in [1.807, 2.05) is 0 Å². The van der Waals surface area contributed by atoms with Gasteiger partial charge in [-0.2, -0.15) is 0 Å². The maximum Gasteiger partial charge on any atom is 0.0577 e. The van der Waals surface area contributed by atoms with Crippen molar-refractivity contribution in [1.82, 2.24) is 10.6 Å². The minimum Gasteiger partial charge on any atom is -0.300 e. The summed E-state index contributed by atoms with van der Waals surface area (Å²) in [6, 6.07) is 0. The van der Waals surface area contributed by atoms with E-state index in [4.69, 9.17) is 0 Å². The molecule has 2 fully saturated rings. The van der Waals surface area contributed by atoms with Gasteiger partial charge in [0.25, 0.3) is 0 Å². The number of fused-ring (bicyclic) bond motifs is 2. The zero-order valence-corrected chi connectivity index (χ0v) is 10.5. The molecule has 2 aliphatic heterocycles. The van der Waals surface area contributed by atoms with Gasteiger partial charge < -0.3 is 5.32 Å². The third kappa shape index (κ3) is 2.21.